The van der Waals surface area contributed by atoms with Gasteiger partial charge in [0.2, 0.25) is 21.9 Å². The van der Waals surface area contributed by atoms with Gasteiger partial charge >= 0.3 is 0 Å². The third kappa shape index (κ3) is 3.01. The number of rotatable bonds is 4. The van der Waals surface area contributed by atoms with E-state index in [9.17, 15) is 13.2 Å². The summed E-state index contributed by atoms with van der Waals surface area (Å²) in [7, 11) is -3.75. The maximum atomic E-state index is 12.0. The minimum atomic E-state index is -3.75. The molecule has 10 heteroatoms. The van der Waals surface area contributed by atoms with Crippen LogP contribution in [0.15, 0.2) is 5.16 Å². The summed E-state index contributed by atoms with van der Waals surface area (Å²) in [6, 6.07) is 0. The van der Waals surface area contributed by atoms with Crippen LogP contribution in [0.2, 0.25) is 0 Å². The summed E-state index contributed by atoms with van der Waals surface area (Å²) in [5, 5.41) is 4.76. The quantitative estimate of drug-likeness (QED) is 0.764. The molecule has 1 saturated carbocycles. The molecular formula is C11H15N5O3S2. The summed E-state index contributed by atoms with van der Waals surface area (Å²) < 4.78 is 22.8. The molecule has 2 fully saturated rings. The Kier molecular flexibility index (Phi) is 3.62. The Morgan fingerprint density at radius 3 is 2.52 bits per heavy atom. The number of sulfonamides is 1. The highest BCUT2D eigenvalue weighted by molar-refractivity contribution is 7.98. The van der Waals surface area contributed by atoms with E-state index in [1.54, 1.807) is 0 Å². The van der Waals surface area contributed by atoms with Crippen molar-refractivity contribution >= 4 is 33.6 Å². The Labute approximate surface area is 126 Å². The van der Waals surface area contributed by atoms with Crippen LogP contribution in [-0.2, 0) is 14.8 Å². The fourth-order valence-electron chi connectivity index (χ4n) is 2.19. The Hall–Kier alpha value is -1.26. The van der Waals surface area contributed by atoms with Crippen molar-refractivity contribution < 1.29 is 13.2 Å². The Morgan fingerprint density at radius 2 is 2.00 bits per heavy atom. The zero-order valence-electron chi connectivity index (χ0n) is 11.4. The van der Waals surface area contributed by atoms with Gasteiger partial charge in [0.25, 0.3) is 0 Å². The first-order valence-corrected chi connectivity index (χ1v) is 9.34. The van der Waals surface area contributed by atoms with Gasteiger partial charge in [0.15, 0.2) is 5.16 Å². The molecular weight excluding hydrogens is 314 g/mol. The van der Waals surface area contributed by atoms with Crippen LogP contribution >= 0.6 is 11.8 Å². The van der Waals surface area contributed by atoms with E-state index in [-0.39, 0.29) is 24.8 Å². The van der Waals surface area contributed by atoms with Gasteiger partial charge in [0.1, 0.15) is 11.1 Å². The van der Waals surface area contributed by atoms with E-state index in [2.05, 4.69) is 15.0 Å². The van der Waals surface area contributed by atoms with Crippen molar-refractivity contribution in [3.05, 3.63) is 5.82 Å². The molecule has 1 amide bonds. The Balaban J connectivity index is 1.93. The van der Waals surface area contributed by atoms with Gasteiger partial charge in [-0.05, 0) is 19.1 Å². The number of hydrogen-bond acceptors (Lipinski definition) is 7. The normalized spacial score (nSPS) is 22.9. The van der Waals surface area contributed by atoms with Crippen LogP contribution in [0.1, 0.15) is 31.0 Å². The number of hydrogen-bond donors (Lipinski definition) is 1. The van der Waals surface area contributed by atoms with Gasteiger partial charge in [-0.2, -0.15) is 9.97 Å². The molecule has 2 N–H and O–H groups in total. The van der Waals surface area contributed by atoms with Crippen LogP contribution in [0.3, 0.4) is 0 Å². The Morgan fingerprint density at radius 1 is 1.29 bits per heavy atom. The van der Waals surface area contributed by atoms with Gasteiger partial charge < -0.3 is 0 Å². The van der Waals surface area contributed by atoms with Crippen molar-refractivity contribution in [1.29, 1.82) is 0 Å². The second kappa shape index (κ2) is 5.18. The van der Waals surface area contributed by atoms with Gasteiger partial charge in [-0.15, -0.1) is 0 Å². The SMILES string of the molecule is CSc1nc(C2CC2)nc(N2CC(S(N)(=O)=O)CC2=O)n1. The van der Waals surface area contributed by atoms with E-state index in [4.69, 9.17) is 5.14 Å². The predicted molar refractivity (Wildman–Crippen MR) is 77.4 cm³/mol. The highest BCUT2D eigenvalue weighted by Crippen LogP contribution is 2.39. The van der Waals surface area contributed by atoms with Crippen LogP contribution < -0.4 is 10.0 Å². The lowest BCUT2D eigenvalue weighted by Gasteiger charge is -2.15. The molecule has 1 saturated heterocycles. The van der Waals surface area contributed by atoms with Crippen molar-refractivity contribution in [2.24, 2.45) is 5.14 Å². The number of carbonyl (C=O) groups is 1. The highest BCUT2D eigenvalue weighted by atomic mass is 32.2. The molecule has 1 unspecified atom stereocenters. The molecule has 21 heavy (non-hydrogen) atoms. The molecule has 1 aromatic rings. The van der Waals surface area contributed by atoms with Crippen molar-refractivity contribution in [3.8, 4) is 0 Å². The smallest absolute Gasteiger partial charge is 0.236 e. The van der Waals surface area contributed by atoms with Crippen LogP contribution in [-0.4, -0.2) is 47.3 Å². The minimum absolute atomic E-state index is 0.000389. The molecule has 1 atom stereocenters. The van der Waals surface area contributed by atoms with Gasteiger partial charge in [-0.1, -0.05) is 11.8 Å². The molecule has 3 rings (SSSR count). The van der Waals surface area contributed by atoms with Gasteiger partial charge in [-0.3, -0.25) is 9.69 Å². The summed E-state index contributed by atoms with van der Waals surface area (Å²) in [4.78, 5) is 26.2. The third-order valence-electron chi connectivity index (χ3n) is 3.54. The highest BCUT2D eigenvalue weighted by Gasteiger charge is 2.39. The fraction of sp³-hybridized carbons (Fsp3) is 0.636. The summed E-state index contributed by atoms with van der Waals surface area (Å²) in [6.45, 7) is -0.000389. The summed E-state index contributed by atoms with van der Waals surface area (Å²) in [6.07, 6.45) is 3.78. The zero-order chi connectivity index (χ0) is 15.2. The third-order valence-corrected chi connectivity index (χ3v) is 5.33. The number of nitrogens with zero attached hydrogens (tertiary/aromatic N) is 4. The molecule has 8 nitrogen and oxygen atoms in total. The first-order chi connectivity index (χ1) is 9.88. The largest absolute Gasteiger partial charge is 0.279 e. The molecule has 2 aliphatic rings. The number of thioether (sulfide) groups is 1. The molecule has 1 aliphatic heterocycles. The lowest BCUT2D eigenvalue weighted by Crippen LogP contribution is -2.33. The molecule has 114 valence electrons. The summed E-state index contributed by atoms with van der Waals surface area (Å²) >= 11 is 1.37. The van der Waals surface area contributed by atoms with Crippen molar-refractivity contribution in [1.82, 2.24) is 15.0 Å². The molecule has 2 heterocycles. The number of anilines is 1. The number of aromatic nitrogens is 3. The van der Waals surface area contributed by atoms with E-state index < -0.39 is 15.3 Å². The average Bonchev–Trinajstić information content (AvgIpc) is 3.19. The van der Waals surface area contributed by atoms with Gasteiger partial charge in [-0.25, -0.2) is 18.5 Å². The molecule has 0 bridgehead atoms. The maximum absolute atomic E-state index is 12.0. The first kappa shape index (κ1) is 14.7. The van der Waals surface area contributed by atoms with Crippen molar-refractivity contribution in [3.63, 3.8) is 0 Å². The van der Waals surface area contributed by atoms with Crippen LogP contribution in [0.4, 0.5) is 5.95 Å². The summed E-state index contributed by atoms with van der Waals surface area (Å²) in [5.41, 5.74) is 0. The lowest BCUT2D eigenvalue weighted by atomic mass is 10.4. The lowest BCUT2D eigenvalue weighted by molar-refractivity contribution is -0.117. The molecule has 0 aromatic carbocycles. The van der Waals surface area contributed by atoms with Gasteiger partial charge in [0.05, 0.1) is 0 Å². The van der Waals surface area contributed by atoms with E-state index in [0.717, 1.165) is 12.8 Å². The van der Waals surface area contributed by atoms with Crippen molar-refractivity contribution in [2.75, 3.05) is 17.7 Å². The number of nitrogens with two attached hydrogens (primary N) is 1. The maximum Gasteiger partial charge on any atom is 0.236 e. The Bertz CT molecular complexity index is 689. The molecule has 0 spiro atoms. The number of primary sulfonamides is 1. The number of amides is 1. The van der Waals surface area contributed by atoms with Crippen molar-refractivity contribution in [2.45, 2.75) is 35.6 Å². The average molecular weight is 329 g/mol. The van der Waals surface area contributed by atoms with E-state index in [0.29, 0.717) is 16.9 Å². The minimum Gasteiger partial charge on any atom is -0.279 e. The van der Waals surface area contributed by atoms with E-state index in [1.165, 1.54) is 16.7 Å². The monoisotopic (exact) mass is 329 g/mol. The van der Waals surface area contributed by atoms with Gasteiger partial charge in [0, 0.05) is 18.9 Å². The second-order valence-electron chi connectivity index (χ2n) is 5.17. The topological polar surface area (TPSA) is 119 Å². The molecule has 1 aliphatic carbocycles. The zero-order valence-corrected chi connectivity index (χ0v) is 13.0. The number of carbonyl (C=O) groups excluding carboxylic acids is 1. The van der Waals surface area contributed by atoms with Crippen LogP contribution in [0.25, 0.3) is 0 Å². The first-order valence-electron chi connectivity index (χ1n) is 6.50. The van der Waals surface area contributed by atoms with E-state index >= 15 is 0 Å². The molecule has 1 aromatic heterocycles. The van der Waals surface area contributed by atoms with Crippen LogP contribution in [0, 0.1) is 0 Å². The predicted octanol–water partition coefficient (Wildman–Crippen LogP) is -0.135. The second-order valence-corrected chi connectivity index (χ2v) is 7.79. The van der Waals surface area contributed by atoms with E-state index in [1.807, 2.05) is 6.26 Å². The standard InChI is InChI=1S/C11H15N5O3S2/c1-20-11-14-9(6-2-3-6)13-10(15-11)16-5-7(4-8(16)17)21(12,18)19/h6-7H,2-5H2,1H3,(H2,12,18,19). The van der Waals surface area contributed by atoms with Crippen LogP contribution in [0.5, 0.6) is 0 Å². The molecule has 0 radical (unpaired) electrons. The summed E-state index contributed by atoms with van der Waals surface area (Å²) in [5.74, 6) is 0.905. The fourth-order valence-corrected chi connectivity index (χ4v) is 3.27.